The first-order valence-corrected chi connectivity index (χ1v) is 26.7. The number of nitrogens with one attached hydrogen (secondary N) is 2. The zero-order valence-electron chi connectivity index (χ0n) is 41.9. The number of ether oxygens (including phenoxy) is 3. The smallest absolute Gasteiger partial charge is 0.324 e. The SMILES string of the molecule is CO[C@@H](C)c1ncc(C2CCN(C3CC3)CC2)cc1-c1c2c3cc(ccc3n1C1COC1)-c1csc(n1)[C@@H](N1CC(C)(C)C1)[C@H](NC(=O)C1[C@@H](C)[C@H]1C)C(=O)N1CCCC(N1)C(=O)OCC(C)(C)C2. The van der Waals surface area contributed by atoms with Crippen molar-refractivity contribution >= 4 is 40.0 Å². The van der Waals surface area contributed by atoms with Crippen LogP contribution >= 0.6 is 11.3 Å². The maximum absolute atomic E-state index is 15.1. The Labute approximate surface area is 411 Å². The van der Waals surface area contributed by atoms with Crippen molar-refractivity contribution in [3.8, 4) is 22.5 Å². The molecule has 15 heteroatoms. The zero-order valence-corrected chi connectivity index (χ0v) is 42.7. The number of piperidine rings is 1. The van der Waals surface area contributed by atoms with E-state index in [0.717, 1.165) is 89.2 Å². The number of aromatic nitrogens is 3. The molecule has 11 rings (SSSR count). The molecule has 1 aromatic carbocycles. The van der Waals surface area contributed by atoms with Gasteiger partial charge >= 0.3 is 5.97 Å². The van der Waals surface area contributed by atoms with Crippen LogP contribution in [0.1, 0.15) is 133 Å². The number of amides is 2. The van der Waals surface area contributed by atoms with Gasteiger partial charge in [-0.3, -0.25) is 29.3 Å². The third-order valence-electron chi connectivity index (χ3n) is 16.8. The molecular formula is C54H72N8O6S. The van der Waals surface area contributed by atoms with Crippen LogP contribution in [0.4, 0.5) is 0 Å². The molecule has 2 aliphatic carbocycles. The van der Waals surface area contributed by atoms with Crippen molar-refractivity contribution in [1.82, 2.24) is 40.1 Å². The molecule has 2 N–H and O–H groups in total. The molecule has 7 atom stereocenters. The Balaban J connectivity index is 1.07. The fraction of sp³-hybridized carbons (Fsp3) is 0.648. The zero-order chi connectivity index (χ0) is 48.1. The first-order chi connectivity index (χ1) is 33.1. The van der Waals surface area contributed by atoms with Crippen LogP contribution < -0.4 is 10.7 Å². The normalized spacial score (nSPS) is 29.5. The summed E-state index contributed by atoms with van der Waals surface area (Å²) in [7, 11) is 1.76. The van der Waals surface area contributed by atoms with E-state index in [2.05, 4.69) is 109 Å². The van der Waals surface area contributed by atoms with Crippen LogP contribution in [0.3, 0.4) is 0 Å². The standard InChI is InChI=1S/C54H72N8O6S/c1-30-31(2)44(30)49(63)57-46-48(60-27-54(6,7)28-60)50-56-42(26-69-50)34-11-14-43-38(20-34)40(22-53(4,5)29-68-52(65)41-10-9-17-61(58-41)51(46)64)47(62(43)37-24-67-25-37)39-21-35(23-55-45(39)32(3)66-8)33-15-18-59(19-16-33)36-12-13-36/h11,14,20-21,23,26,30-33,36-37,41,44,46,48,58H,9-10,12-13,15-19,22,24-25,27-29H2,1-8H3,(H,57,63)/t30-,31+,32-,41?,44?,46-,48-/m0/s1. The van der Waals surface area contributed by atoms with Crippen LogP contribution in [0.25, 0.3) is 33.4 Å². The van der Waals surface area contributed by atoms with Crippen molar-refractivity contribution in [2.24, 2.45) is 28.6 Å². The number of hydrogen-bond acceptors (Lipinski definition) is 12. The van der Waals surface area contributed by atoms with E-state index in [1.807, 2.05) is 0 Å². The molecule has 2 amide bonds. The highest BCUT2D eigenvalue weighted by Gasteiger charge is 2.52. The van der Waals surface area contributed by atoms with Crippen LogP contribution in [0.5, 0.6) is 0 Å². The van der Waals surface area contributed by atoms with Gasteiger partial charge < -0.3 is 29.0 Å². The number of carbonyl (C=O) groups is 3. The highest BCUT2D eigenvalue weighted by atomic mass is 32.1. The molecule has 4 aromatic rings. The van der Waals surface area contributed by atoms with Gasteiger partial charge in [0.1, 0.15) is 17.1 Å². The third-order valence-corrected chi connectivity index (χ3v) is 17.7. The molecule has 370 valence electrons. The van der Waals surface area contributed by atoms with E-state index in [0.29, 0.717) is 44.9 Å². The van der Waals surface area contributed by atoms with Crippen LogP contribution in [0.15, 0.2) is 35.8 Å². The number of cyclic esters (lactones) is 1. The summed E-state index contributed by atoms with van der Waals surface area (Å²) in [6.07, 6.45) is 8.49. The fourth-order valence-electron chi connectivity index (χ4n) is 12.3. The van der Waals surface area contributed by atoms with Crippen molar-refractivity contribution < 1.29 is 28.6 Å². The lowest BCUT2D eigenvalue weighted by Gasteiger charge is -2.51. The van der Waals surface area contributed by atoms with Crippen molar-refractivity contribution in [1.29, 1.82) is 0 Å². The van der Waals surface area contributed by atoms with Gasteiger partial charge in [0, 0.05) is 77.7 Å². The Bertz CT molecular complexity index is 2610. The lowest BCUT2D eigenvalue weighted by atomic mass is 9.82. The Morgan fingerprint density at radius 2 is 1.71 bits per heavy atom. The highest BCUT2D eigenvalue weighted by Crippen LogP contribution is 2.48. The lowest BCUT2D eigenvalue weighted by molar-refractivity contribution is -0.156. The summed E-state index contributed by atoms with van der Waals surface area (Å²) in [6, 6.07) is 7.85. The fourth-order valence-corrected chi connectivity index (χ4v) is 13.3. The number of nitrogens with zero attached hydrogens (tertiary/aromatic N) is 6. The number of pyridine rings is 1. The van der Waals surface area contributed by atoms with Crippen molar-refractivity contribution in [2.45, 2.75) is 136 Å². The highest BCUT2D eigenvalue weighted by molar-refractivity contribution is 7.10. The number of esters is 1. The Kier molecular flexibility index (Phi) is 12.4. The average Bonchev–Trinajstić information content (AvgIpc) is 4.18. The van der Waals surface area contributed by atoms with Crippen molar-refractivity contribution in [3.63, 3.8) is 0 Å². The molecule has 2 saturated carbocycles. The molecule has 3 aromatic heterocycles. The molecule has 6 bridgehead atoms. The molecule has 69 heavy (non-hydrogen) atoms. The van der Waals surface area contributed by atoms with Gasteiger partial charge in [0.05, 0.1) is 55.1 Å². The van der Waals surface area contributed by atoms with Crippen LogP contribution in [-0.4, -0.2) is 125 Å². The molecule has 6 fully saturated rings. The quantitative estimate of drug-likeness (QED) is 0.159. The van der Waals surface area contributed by atoms with Crippen LogP contribution in [0, 0.1) is 28.6 Å². The molecule has 0 spiro atoms. The Morgan fingerprint density at radius 1 is 0.957 bits per heavy atom. The molecule has 8 heterocycles. The molecule has 7 aliphatic rings. The molecule has 5 aliphatic heterocycles. The van der Waals surface area contributed by atoms with Gasteiger partial charge in [-0.2, -0.15) is 0 Å². The summed E-state index contributed by atoms with van der Waals surface area (Å²) < 4.78 is 20.9. The van der Waals surface area contributed by atoms with Gasteiger partial charge in [0.25, 0.3) is 5.91 Å². The minimum Gasteiger partial charge on any atom is -0.464 e. The predicted octanol–water partition coefficient (Wildman–Crippen LogP) is 7.84. The van der Waals surface area contributed by atoms with Gasteiger partial charge in [-0.15, -0.1) is 11.3 Å². The second kappa shape index (κ2) is 18.1. The summed E-state index contributed by atoms with van der Waals surface area (Å²) >= 11 is 1.54. The minimum atomic E-state index is -0.929. The topological polar surface area (TPSA) is 143 Å². The van der Waals surface area contributed by atoms with E-state index >= 15 is 4.79 Å². The van der Waals surface area contributed by atoms with Gasteiger partial charge in [0.2, 0.25) is 5.91 Å². The number of thiazole rings is 1. The second-order valence-electron chi connectivity index (χ2n) is 23.3. The van der Waals surface area contributed by atoms with E-state index in [-0.39, 0.29) is 59.7 Å². The first-order valence-electron chi connectivity index (χ1n) is 25.8. The Morgan fingerprint density at radius 3 is 2.38 bits per heavy atom. The number of hydrazine groups is 1. The molecule has 4 saturated heterocycles. The van der Waals surface area contributed by atoms with E-state index < -0.39 is 23.5 Å². The van der Waals surface area contributed by atoms with Gasteiger partial charge in [0.15, 0.2) is 0 Å². The monoisotopic (exact) mass is 961 g/mol. The molecule has 2 unspecified atom stereocenters. The largest absolute Gasteiger partial charge is 0.464 e. The number of benzene rings is 1. The minimum absolute atomic E-state index is 0.0383. The summed E-state index contributed by atoms with van der Waals surface area (Å²) in [5.41, 5.74) is 11.3. The summed E-state index contributed by atoms with van der Waals surface area (Å²) in [5.74, 6) is -0.0237. The third kappa shape index (κ3) is 8.96. The summed E-state index contributed by atoms with van der Waals surface area (Å²) in [5, 5.41) is 8.86. The van der Waals surface area contributed by atoms with Gasteiger partial charge in [-0.25, -0.2) is 10.4 Å². The molecule has 14 nitrogen and oxygen atoms in total. The van der Waals surface area contributed by atoms with Crippen molar-refractivity contribution in [3.05, 3.63) is 57.7 Å². The number of rotatable bonds is 9. The van der Waals surface area contributed by atoms with Crippen molar-refractivity contribution in [2.75, 3.05) is 59.7 Å². The van der Waals surface area contributed by atoms with E-state index in [9.17, 15) is 9.59 Å². The predicted molar refractivity (Wildman–Crippen MR) is 266 cm³/mol. The Hall–Kier alpha value is -4.25. The van der Waals surface area contributed by atoms with Gasteiger partial charge in [-0.1, -0.05) is 47.6 Å². The van der Waals surface area contributed by atoms with E-state index in [1.165, 1.54) is 24.0 Å². The van der Waals surface area contributed by atoms with Crippen LogP contribution in [-0.2, 0) is 35.0 Å². The molecular weight excluding hydrogens is 889 g/mol. The lowest BCUT2D eigenvalue weighted by Crippen LogP contribution is -2.65. The molecule has 0 radical (unpaired) electrons. The maximum atomic E-state index is 15.1. The second-order valence-corrected chi connectivity index (χ2v) is 24.2. The number of carbonyl (C=O) groups excluding carboxylic acids is 3. The summed E-state index contributed by atoms with van der Waals surface area (Å²) in [4.78, 5) is 59.1. The van der Waals surface area contributed by atoms with E-state index in [4.69, 9.17) is 24.2 Å². The first kappa shape index (κ1) is 47.1. The number of likely N-dealkylation sites (tertiary alicyclic amines) is 2. The van der Waals surface area contributed by atoms with Gasteiger partial charge in [-0.05, 0) is 117 Å². The van der Waals surface area contributed by atoms with Crippen LogP contribution in [0.2, 0.25) is 0 Å². The average molecular weight is 961 g/mol. The summed E-state index contributed by atoms with van der Waals surface area (Å²) in [6.45, 7) is 20.6. The van der Waals surface area contributed by atoms with E-state index in [1.54, 1.807) is 23.5 Å². The number of methoxy groups -OCH3 is 1. The maximum Gasteiger partial charge on any atom is 0.324 e. The number of fused-ring (bicyclic) bond motifs is 6. The number of hydrogen-bond donors (Lipinski definition) is 2.